The maximum absolute atomic E-state index is 11.0. The lowest BCUT2D eigenvalue weighted by atomic mass is 9.76. The second-order valence-corrected chi connectivity index (χ2v) is 3.60. The molecule has 0 aliphatic carbocycles. The van der Waals surface area contributed by atoms with Crippen molar-refractivity contribution >= 4 is 5.97 Å². The third-order valence-electron chi connectivity index (χ3n) is 2.63. The molecule has 6 nitrogen and oxygen atoms in total. The second-order valence-electron chi connectivity index (χ2n) is 3.60. The van der Waals surface area contributed by atoms with Gasteiger partial charge in [0.2, 0.25) is 0 Å². The molecule has 0 radical (unpaired) electrons. The van der Waals surface area contributed by atoms with Crippen molar-refractivity contribution in [3.63, 3.8) is 0 Å². The van der Waals surface area contributed by atoms with Crippen LogP contribution in [0.15, 0.2) is 0 Å². The molecule has 0 bridgehead atoms. The topological polar surface area (TPSA) is 107 Å². The number of carboxylic acid groups (broad SMARTS) is 1. The van der Waals surface area contributed by atoms with Gasteiger partial charge in [-0.15, -0.1) is 6.42 Å². The number of ether oxygens (including phenoxy) is 1. The summed E-state index contributed by atoms with van der Waals surface area (Å²) < 4.78 is 4.78. The van der Waals surface area contributed by atoms with E-state index in [1.54, 1.807) is 0 Å². The summed E-state index contributed by atoms with van der Waals surface area (Å²) in [4.78, 5) is 11.0. The summed E-state index contributed by atoms with van der Waals surface area (Å²) in [5, 5.41) is 37.5. The largest absolute Gasteiger partial charge is 0.478 e. The smallest absolute Gasteiger partial charge is 0.352 e. The molecule has 4 atom stereocenters. The van der Waals surface area contributed by atoms with E-state index in [0.29, 0.717) is 0 Å². The van der Waals surface area contributed by atoms with Crippen molar-refractivity contribution in [1.82, 2.24) is 0 Å². The Kier molecular flexibility index (Phi) is 2.76. The summed E-state index contributed by atoms with van der Waals surface area (Å²) >= 11 is 0. The minimum atomic E-state index is -2.34. The molecule has 0 aromatic rings. The van der Waals surface area contributed by atoms with Crippen molar-refractivity contribution in [1.29, 1.82) is 0 Å². The van der Waals surface area contributed by atoms with Crippen LogP contribution in [-0.2, 0) is 9.53 Å². The van der Waals surface area contributed by atoms with Gasteiger partial charge in [-0.25, -0.2) is 4.79 Å². The van der Waals surface area contributed by atoms with Gasteiger partial charge < -0.3 is 25.2 Å². The Balaban J connectivity index is 3.22. The van der Waals surface area contributed by atoms with Gasteiger partial charge in [-0.1, -0.05) is 5.92 Å². The molecule has 1 aliphatic rings. The minimum absolute atomic E-state index is 0.451. The zero-order chi connectivity index (χ0) is 11.9. The molecule has 1 saturated heterocycles. The molecule has 0 saturated carbocycles. The summed E-state index contributed by atoms with van der Waals surface area (Å²) in [5.41, 5.74) is -4.60. The number of carboxylic acids is 1. The van der Waals surface area contributed by atoms with Crippen molar-refractivity contribution in [3.05, 3.63) is 0 Å². The SMILES string of the molecule is C#C[C@]1(C(=O)O)OC[C@@H](O)[C@@H](O)[C@]1(C)O. The number of carbonyl (C=O) groups is 1. The van der Waals surface area contributed by atoms with Crippen LogP contribution < -0.4 is 0 Å². The van der Waals surface area contributed by atoms with Crippen molar-refractivity contribution in [2.45, 2.75) is 30.3 Å². The van der Waals surface area contributed by atoms with Crippen LogP contribution in [0.25, 0.3) is 0 Å². The molecule has 1 fully saturated rings. The number of terminal acetylenes is 1. The van der Waals surface area contributed by atoms with E-state index in [4.69, 9.17) is 16.3 Å². The van der Waals surface area contributed by atoms with Gasteiger partial charge in [-0.2, -0.15) is 0 Å². The fourth-order valence-electron chi connectivity index (χ4n) is 1.56. The van der Waals surface area contributed by atoms with Gasteiger partial charge in [0.25, 0.3) is 5.60 Å². The number of hydrogen-bond donors (Lipinski definition) is 4. The molecule has 6 heteroatoms. The monoisotopic (exact) mass is 216 g/mol. The Hall–Kier alpha value is -1.13. The van der Waals surface area contributed by atoms with E-state index in [1.165, 1.54) is 0 Å². The van der Waals surface area contributed by atoms with Gasteiger partial charge in [-0.3, -0.25) is 0 Å². The first-order chi connectivity index (χ1) is 6.79. The molecule has 4 N–H and O–H groups in total. The zero-order valence-electron chi connectivity index (χ0n) is 8.04. The average molecular weight is 216 g/mol. The van der Waals surface area contributed by atoms with Crippen molar-refractivity contribution in [3.8, 4) is 12.3 Å². The highest BCUT2D eigenvalue weighted by Crippen LogP contribution is 2.35. The van der Waals surface area contributed by atoms with E-state index in [2.05, 4.69) is 0 Å². The molecule has 84 valence electrons. The Morgan fingerprint density at radius 1 is 1.60 bits per heavy atom. The summed E-state index contributed by atoms with van der Waals surface area (Å²) in [5.74, 6) is 0.233. The number of aliphatic hydroxyl groups is 3. The van der Waals surface area contributed by atoms with Crippen LogP contribution in [0.1, 0.15) is 6.92 Å². The molecular formula is C9H12O6. The molecule has 0 unspecified atom stereocenters. The maximum Gasteiger partial charge on any atom is 0.352 e. The lowest BCUT2D eigenvalue weighted by Gasteiger charge is -2.46. The van der Waals surface area contributed by atoms with Gasteiger partial charge in [0.15, 0.2) is 0 Å². The Morgan fingerprint density at radius 2 is 2.13 bits per heavy atom. The molecule has 0 aromatic heterocycles. The first-order valence-electron chi connectivity index (χ1n) is 4.23. The van der Waals surface area contributed by atoms with Gasteiger partial charge in [0.1, 0.15) is 17.8 Å². The highest BCUT2D eigenvalue weighted by atomic mass is 16.6. The lowest BCUT2D eigenvalue weighted by molar-refractivity contribution is -0.261. The molecule has 0 aromatic carbocycles. The van der Waals surface area contributed by atoms with E-state index in [9.17, 15) is 20.1 Å². The van der Waals surface area contributed by atoms with Gasteiger partial charge >= 0.3 is 5.97 Å². The highest BCUT2D eigenvalue weighted by Gasteiger charge is 2.62. The van der Waals surface area contributed by atoms with Crippen LogP contribution in [-0.4, -0.2) is 56.4 Å². The molecule has 0 spiro atoms. The number of aliphatic carboxylic acids is 1. The average Bonchev–Trinajstić information content (AvgIpc) is 2.15. The van der Waals surface area contributed by atoms with Crippen LogP contribution in [0, 0.1) is 12.3 Å². The van der Waals surface area contributed by atoms with Crippen LogP contribution in [0.3, 0.4) is 0 Å². The summed E-state index contributed by atoms with van der Waals surface area (Å²) in [6.45, 7) is 0.557. The number of rotatable bonds is 1. The second kappa shape index (κ2) is 3.47. The van der Waals surface area contributed by atoms with Crippen LogP contribution in [0.2, 0.25) is 0 Å². The van der Waals surface area contributed by atoms with Crippen LogP contribution in [0.4, 0.5) is 0 Å². The third kappa shape index (κ3) is 1.41. The fraction of sp³-hybridized carbons (Fsp3) is 0.667. The predicted octanol–water partition coefficient (Wildman–Crippen LogP) is -2.05. The maximum atomic E-state index is 11.0. The quantitative estimate of drug-likeness (QED) is 0.376. The standard InChI is InChI=1S/C9H12O6/c1-3-9(7(12)13)8(2,14)6(11)5(10)4-15-9/h1,5-6,10-11,14H,4H2,2H3,(H,12,13)/t5-,6-,8+,9-/m1/s1. The summed E-state index contributed by atoms with van der Waals surface area (Å²) in [6.07, 6.45) is 1.96. The lowest BCUT2D eigenvalue weighted by Crippen LogP contribution is -2.71. The molecule has 1 rings (SSSR count). The highest BCUT2D eigenvalue weighted by molar-refractivity contribution is 5.84. The number of aliphatic hydroxyl groups excluding tert-OH is 2. The molecular weight excluding hydrogens is 204 g/mol. The molecule has 15 heavy (non-hydrogen) atoms. The van der Waals surface area contributed by atoms with Crippen LogP contribution >= 0.6 is 0 Å². The summed E-state index contributed by atoms with van der Waals surface area (Å²) in [6, 6.07) is 0. The van der Waals surface area contributed by atoms with E-state index in [0.717, 1.165) is 6.92 Å². The molecule has 1 aliphatic heterocycles. The normalized spacial score (nSPS) is 45.8. The van der Waals surface area contributed by atoms with E-state index in [-0.39, 0.29) is 0 Å². The van der Waals surface area contributed by atoms with Gasteiger partial charge in [-0.05, 0) is 6.92 Å². The predicted molar refractivity (Wildman–Crippen MR) is 47.8 cm³/mol. The Bertz CT molecular complexity index is 317. The molecule has 1 heterocycles. The third-order valence-corrected chi connectivity index (χ3v) is 2.63. The van der Waals surface area contributed by atoms with Gasteiger partial charge in [0.05, 0.1) is 6.61 Å². The van der Waals surface area contributed by atoms with E-state index in [1.807, 2.05) is 5.92 Å². The van der Waals surface area contributed by atoms with E-state index >= 15 is 0 Å². The Labute approximate surface area is 86.1 Å². The Morgan fingerprint density at radius 3 is 2.53 bits per heavy atom. The van der Waals surface area contributed by atoms with Gasteiger partial charge in [0, 0.05) is 0 Å². The van der Waals surface area contributed by atoms with Crippen molar-refractivity contribution in [2.24, 2.45) is 0 Å². The number of hydrogen-bond acceptors (Lipinski definition) is 5. The van der Waals surface area contributed by atoms with Crippen molar-refractivity contribution < 1.29 is 30.0 Å². The molecule has 0 amide bonds. The zero-order valence-corrected chi connectivity index (χ0v) is 8.04. The minimum Gasteiger partial charge on any atom is -0.478 e. The first kappa shape index (κ1) is 11.9. The summed E-state index contributed by atoms with van der Waals surface area (Å²) in [7, 11) is 0. The van der Waals surface area contributed by atoms with Crippen molar-refractivity contribution in [2.75, 3.05) is 6.61 Å². The fourth-order valence-corrected chi connectivity index (χ4v) is 1.56. The van der Waals surface area contributed by atoms with E-state index < -0.39 is 36.0 Å². The van der Waals surface area contributed by atoms with Crippen LogP contribution in [0.5, 0.6) is 0 Å². The first-order valence-corrected chi connectivity index (χ1v) is 4.23.